The number of rotatable bonds is 3. The van der Waals surface area contributed by atoms with Crippen LogP contribution in [0.1, 0.15) is 11.4 Å². The van der Waals surface area contributed by atoms with Gasteiger partial charge in [-0.15, -0.1) is 0 Å². The van der Waals surface area contributed by atoms with Crippen LogP contribution in [0.5, 0.6) is 0 Å². The molecule has 0 aliphatic rings. The van der Waals surface area contributed by atoms with Gasteiger partial charge in [0.1, 0.15) is 0 Å². The molecule has 1 N–H and O–H groups in total. The fourth-order valence-corrected chi connectivity index (χ4v) is 2.31. The Kier molecular flexibility index (Phi) is 2.71. The van der Waals surface area contributed by atoms with E-state index in [9.17, 15) is 0 Å². The lowest BCUT2D eigenvalue weighted by molar-refractivity contribution is 0.408. The van der Waals surface area contributed by atoms with E-state index in [4.69, 9.17) is 16.7 Å². The van der Waals surface area contributed by atoms with Gasteiger partial charge < -0.3 is 14.1 Å². The number of fused-ring (bicyclic) bond motifs is 1. The molecule has 0 amide bonds. The summed E-state index contributed by atoms with van der Waals surface area (Å²) in [6.45, 7) is 2.80. The first-order chi connectivity index (χ1) is 8.74. The van der Waals surface area contributed by atoms with Crippen molar-refractivity contribution < 1.29 is 4.52 Å². The molecule has 1 aromatic carbocycles. The van der Waals surface area contributed by atoms with Gasteiger partial charge in [-0.1, -0.05) is 11.2 Å². The molecular formula is C12H12N4OS. The highest BCUT2D eigenvalue weighted by Crippen LogP contribution is 2.16. The third-order valence-electron chi connectivity index (χ3n) is 2.90. The van der Waals surface area contributed by atoms with Gasteiger partial charge in [0.25, 0.3) is 0 Å². The predicted octanol–water partition coefficient (Wildman–Crippen LogP) is 2.63. The van der Waals surface area contributed by atoms with Gasteiger partial charge in [-0.2, -0.15) is 4.98 Å². The van der Waals surface area contributed by atoms with Gasteiger partial charge in [0.05, 0.1) is 11.0 Å². The molecule has 2 heterocycles. The SMILES string of the molecule is Cc1ccc2c(c1)[nH]c(=S)n2CCc1ncon1. The first-order valence-corrected chi connectivity index (χ1v) is 6.09. The molecule has 0 atom stereocenters. The van der Waals surface area contributed by atoms with Gasteiger partial charge >= 0.3 is 0 Å². The van der Waals surface area contributed by atoms with Crippen molar-refractivity contribution in [1.29, 1.82) is 0 Å². The van der Waals surface area contributed by atoms with Crippen molar-refractivity contribution in [3.05, 3.63) is 40.8 Å². The Morgan fingerprint density at radius 1 is 1.44 bits per heavy atom. The van der Waals surface area contributed by atoms with Crippen LogP contribution in [0.25, 0.3) is 11.0 Å². The summed E-state index contributed by atoms with van der Waals surface area (Å²) in [7, 11) is 0. The van der Waals surface area contributed by atoms with Crippen LogP contribution in [0.2, 0.25) is 0 Å². The van der Waals surface area contributed by atoms with Crippen molar-refractivity contribution >= 4 is 23.3 Å². The number of hydrogen-bond acceptors (Lipinski definition) is 4. The maximum absolute atomic E-state index is 5.33. The highest BCUT2D eigenvalue weighted by molar-refractivity contribution is 7.71. The molecule has 0 aliphatic heterocycles. The number of nitrogens with zero attached hydrogens (tertiary/aromatic N) is 3. The zero-order valence-electron chi connectivity index (χ0n) is 9.88. The van der Waals surface area contributed by atoms with E-state index in [0.717, 1.165) is 22.3 Å². The molecule has 0 saturated heterocycles. The summed E-state index contributed by atoms with van der Waals surface area (Å²) in [5, 5.41) is 3.80. The zero-order valence-corrected chi connectivity index (χ0v) is 10.7. The molecule has 0 radical (unpaired) electrons. The Bertz CT molecular complexity index is 726. The molecule has 0 saturated carbocycles. The number of aromatic amines is 1. The highest BCUT2D eigenvalue weighted by atomic mass is 32.1. The summed E-state index contributed by atoms with van der Waals surface area (Å²) in [4.78, 5) is 7.22. The van der Waals surface area contributed by atoms with E-state index in [-0.39, 0.29) is 0 Å². The summed E-state index contributed by atoms with van der Waals surface area (Å²) in [5.41, 5.74) is 3.38. The molecule has 3 rings (SSSR count). The number of nitrogens with one attached hydrogen (secondary N) is 1. The first-order valence-electron chi connectivity index (χ1n) is 5.68. The van der Waals surface area contributed by atoms with Crippen molar-refractivity contribution in [2.45, 2.75) is 19.9 Å². The minimum atomic E-state index is 0.693. The van der Waals surface area contributed by atoms with Crippen molar-refractivity contribution in [2.24, 2.45) is 0 Å². The summed E-state index contributed by atoms with van der Waals surface area (Å²) >= 11 is 5.33. The molecule has 18 heavy (non-hydrogen) atoms. The molecular weight excluding hydrogens is 248 g/mol. The largest absolute Gasteiger partial charge is 0.343 e. The summed E-state index contributed by atoms with van der Waals surface area (Å²) in [6, 6.07) is 6.25. The molecule has 5 nitrogen and oxygen atoms in total. The van der Waals surface area contributed by atoms with Gasteiger partial charge in [0, 0.05) is 13.0 Å². The van der Waals surface area contributed by atoms with Crippen molar-refractivity contribution in [3.8, 4) is 0 Å². The maximum atomic E-state index is 5.33. The van der Waals surface area contributed by atoms with Crippen molar-refractivity contribution in [1.82, 2.24) is 19.7 Å². The lowest BCUT2D eigenvalue weighted by atomic mass is 10.2. The molecule has 0 aliphatic carbocycles. The Morgan fingerprint density at radius 3 is 3.11 bits per heavy atom. The third kappa shape index (κ3) is 1.95. The number of H-pyrrole nitrogens is 1. The fraction of sp³-hybridized carbons (Fsp3) is 0.250. The minimum Gasteiger partial charge on any atom is -0.343 e. The van der Waals surface area contributed by atoms with Crippen LogP contribution in [0.4, 0.5) is 0 Å². The Balaban J connectivity index is 1.96. The lowest BCUT2D eigenvalue weighted by Gasteiger charge is -2.02. The van der Waals surface area contributed by atoms with E-state index in [1.165, 1.54) is 12.0 Å². The Hall–Kier alpha value is -1.95. The minimum absolute atomic E-state index is 0.693. The van der Waals surface area contributed by atoms with Crippen molar-refractivity contribution in [3.63, 3.8) is 0 Å². The van der Waals surface area contributed by atoms with Crippen LogP contribution >= 0.6 is 12.2 Å². The molecule has 0 bridgehead atoms. The standard InChI is InChI=1S/C12H12N4OS/c1-8-2-3-10-9(6-8)14-12(18)16(10)5-4-11-13-7-17-15-11/h2-3,6-7H,4-5H2,1H3,(H,14,18). The quantitative estimate of drug-likeness (QED) is 0.735. The average molecular weight is 260 g/mol. The van der Waals surface area contributed by atoms with E-state index in [2.05, 4.69) is 44.8 Å². The van der Waals surface area contributed by atoms with Gasteiger partial charge in [0.2, 0.25) is 6.39 Å². The molecule has 6 heteroatoms. The normalized spacial score (nSPS) is 11.2. The van der Waals surface area contributed by atoms with E-state index in [1.807, 2.05) is 0 Å². The number of benzene rings is 1. The molecule has 92 valence electrons. The van der Waals surface area contributed by atoms with E-state index in [1.54, 1.807) is 0 Å². The lowest BCUT2D eigenvalue weighted by Crippen LogP contribution is -2.02. The molecule has 2 aromatic heterocycles. The number of hydrogen-bond donors (Lipinski definition) is 1. The summed E-state index contributed by atoms with van der Waals surface area (Å²) in [6.07, 6.45) is 2.04. The van der Waals surface area contributed by atoms with Gasteiger partial charge in [0.15, 0.2) is 10.6 Å². The number of aromatic nitrogens is 4. The Labute approximate surface area is 108 Å². The molecule has 0 unspecified atom stereocenters. The van der Waals surface area contributed by atoms with Crippen LogP contribution < -0.4 is 0 Å². The molecule has 3 aromatic rings. The molecule has 0 spiro atoms. The number of imidazole rings is 1. The summed E-state index contributed by atoms with van der Waals surface area (Å²) in [5.74, 6) is 0.693. The van der Waals surface area contributed by atoms with Gasteiger partial charge in [-0.3, -0.25) is 0 Å². The van der Waals surface area contributed by atoms with Crippen LogP contribution in [0.3, 0.4) is 0 Å². The van der Waals surface area contributed by atoms with E-state index < -0.39 is 0 Å². The topological polar surface area (TPSA) is 59.6 Å². The van der Waals surface area contributed by atoms with Crippen LogP contribution in [0.15, 0.2) is 29.1 Å². The predicted molar refractivity (Wildman–Crippen MR) is 69.9 cm³/mol. The number of aryl methyl sites for hydroxylation is 3. The van der Waals surface area contributed by atoms with Crippen LogP contribution in [-0.4, -0.2) is 19.7 Å². The third-order valence-corrected chi connectivity index (χ3v) is 3.22. The van der Waals surface area contributed by atoms with Gasteiger partial charge in [-0.25, -0.2) is 0 Å². The Morgan fingerprint density at radius 2 is 2.33 bits per heavy atom. The highest BCUT2D eigenvalue weighted by Gasteiger charge is 2.06. The second-order valence-corrected chi connectivity index (χ2v) is 4.59. The van der Waals surface area contributed by atoms with E-state index >= 15 is 0 Å². The second kappa shape index (κ2) is 4.38. The molecule has 0 fully saturated rings. The second-order valence-electron chi connectivity index (χ2n) is 4.20. The summed E-state index contributed by atoms with van der Waals surface area (Å²) < 4.78 is 7.49. The zero-order chi connectivity index (χ0) is 12.5. The van der Waals surface area contributed by atoms with Crippen LogP contribution in [-0.2, 0) is 13.0 Å². The van der Waals surface area contributed by atoms with Crippen LogP contribution in [0, 0.1) is 11.7 Å². The maximum Gasteiger partial charge on any atom is 0.213 e. The van der Waals surface area contributed by atoms with Gasteiger partial charge in [-0.05, 0) is 36.8 Å². The smallest absolute Gasteiger partial charge is 0.213 e. The van der Waals surface area contributed by atoms with E-state index in [0.29, 0.717) is 12.2 Å². The fourth-order valence-electron chi connectivity index (χ4n) is 2.01. The van der Waals surface area contributed by atoms with Crippen molar-refractivity contribution in [2.75, 3.05) is 0 Å². The monoisotopic (exact) mass is 260 g/mol. The average Bonchev–Trinajstić information content (AvgIpc) is 2.93. The first kappa shape index (κ1) is 11.2.